The van der Waals surface area contributed by atoms with Gasteiger partial charge in [0.15, 0.2) is 0 Å². The van der Waals surface area contributed by atoms with E-state index in [4.69, 9.17) is 4.74 Å². The summed E-state index contributed by atoms with van der Waals surface area (Å²) in [5, 5.41) is 3.25. The molecular formula is C21H25N3O2. The van der Waals surface area contributed by atoms with Crippen LogP contribution in [0.1, 0.15) is 24.0 Å². The number of hydrogen-bond acceptors (Lipinski definition) is 4. The molecule has 2 aromatic rings. The van der Waals surface area contributed by atoms with Gasteiger partial charge in [-0.05, 0) is 42.5 Å². The van der Waals surface area contributed by atoms with E-state index in [-0.39, 0.29) is 17.9 Å². The zero-order valence-corrected chi connectivity index (χ0v) is 14.9. The minimum atomic E-state index is -0.0849. The standard InChI is InChI=1S/C21H25N3O2/c25-21(18-12-17-5-1-2-6-20(17)26-15-18)23-19-7-10-24(11-8-19)14-16-4-3-9-22-13-16/h1-6,9,13,18-19H,7-8,10-12,14-15H2,(H,23,25). The number of amides is 1. The number of ether oxygens (including phenoxy) is 1. The smallest absolute Gasteiger partial charge is 0.227 e. The molecule has 1 amide bonds. The topological polar surface area (TPSA) is 54.5 Å². The van der Waals surface area contributed by atoms with Gasteiger partial charge in [-0.25, -0.2) is 0 Å². The van der Waals surface area contributed by atoms with Gasteiger partial charge < -0.3 is 10.1 Å². The van der Waals surface area contributed by atoms with Crippen molar-refractivity contribution in [3.63, 3.8) is 0 Å². The van der Waals surface area contributed by atoms with Crippen molar-refractivity contribution in [1.82, 2.24) is 15.2 Å². The first kappa shape index (κ1) is 17.0. The summed E-state index contributed by atoms with van der Waals surface area (Å²) in [7, 11) is 0. The first-order valence-corrected chi connectivity index (χ1v) is 9.40. The number of piperidine rings is 1. The minimum Gasteiger partial charge on any atom is -0.492 e. The molecule has 1 atom stereocenters. The number of benzene rings is 1. The van der Waals surface area contributed by atoms with Crippen LogP contribution in [0, 0.1) is 5.92 Å². The molecule has 1 saturated heterocycles. The van der Waals surface area contributed by atoms with Gasteiger partial charge >= 0.3 is 0 Å². The van der Waals surface area contributed by atoms with Gasteiger partial charge in [-0.3, -0.25) is 14.7 Å². The van der Waals surface area contributed by atoms with Gasteiger partial charge in [-0.1, -0.05) is 24.3 Å². The number of carbonyl (C=O) groups is 1. The van der Waals surface area contributed by atoms with Crippen molar-refractivity contribution >= 4 is 5.91 Å². The van der Waals surface area contributed by atoms with Crippen LogP contribution in [0.25, 0.3) is 0 Å². The van der Waals surface area contributed by atoms with Crippen LogP contribution in [0.2, 0.25) is 0 Å². The van der Waals surface area contributed by atoms with Crippen LogP contribution < -0.4 is 10.1 Å². The third kappa shape index (κ3) is 4.05. The van der Waals surface area contributed by atoms with Crippen molar-refractivity contribution in [1.29, 1.82) is 0 Å². The number of nitrogens with one attached hydrogen (secondary N) is 1. The monoisotopic (exact) mass is 351 g/mol. The molecule has 26 heavy (non-hydrogen) atoms. The Bertz CT molecular complexity index is 742. The van der Waals surface area contributed by atoms with Crippen LogP contribution in [0.5, 0.6) is 5.75 Å². The number of nitrogens with zero attached hydrogens (tertiary/aromatic N) is 2. The number of likely N-dealkylation sites (tertiary alicyclic amines) is 1. The van der Waals surface area contributed by atoms with Gasteiger partial charge in [0.05, 0.1) is 5.92 Å². The Morgan fingerprint density at radius 1 is 1.19 bits per heavy atom. The van der Waals surface area contributed by atoms with Crippen LogP contribution in [-0.4, -0.2) is 41.5 Å². The van der Waals surface area contributed by atoms with Gasteiger partial charge in [-0.2, -0.15) is 0 Å². The van der Waals surface area contributed by atoms with E-state index in [1.54, 1.807) is 6.20 Å². The number of pyridine rings is 1. The van der Waals surface area contributed by atoms with Gasteiger partial charge in [0.25, 0.3) is 0 Å². The molecule has 3 heterocycles. The number of para-hydroxylation sites is 1. The number of carbonyl (C=O) groups excluding carboxylic acids is 1. The summed E-state index contributed by atoms with van der Waals surface area (Å²) >= 11 is 0. The van der Waals surface area contributed by atoms with Gasteiger partial charge in [0.1, 0.15) is 12.4 Å². The van der Waals surface area contributed by atoms with Crippen molar-refractivity contribution < 1.29 is 9.53 Å². The van der Waals surface area contributed by atoms with Crippen molar-refractivity contribution in [3.8, 4) is 5.75 Å². The lowest BCUT2D eigenvalue weighted by Crippen LogP contribution is -2.47. The molecule has 1 aromatic heterocycles. The van der Waals surface area contributed by atoms with E-state index < -0.39 is 0 Å². The highest BCUT2D eigenvalue weighted by Gasteiger charge is 2.28. The molecule has 0 bridgehead atoms. The lowest BCUT2D eigenvalue weighted by atomic mass is 9.95. The highest BCUT2D eigenvalue weighted by molar-refractivity contribution is 5.80. The van der Waals surface area contributed by atoms with Crippen LogP contribution >= 0.6 is 0 Å². The second-order valence-corrected chi connectivity index (χ2v) is 7.24. The van der Waals surface area contributed by atoms with Crippen molar-refractivity contribution in [2.45, 2.75) is 31.8 Å². The van der Waals surface area contributed by atoms with Crippen LogP contribution in [0.4, 0.5) is 0 Å². The molecule has 0 radical (unpaired) electrons. The molecular weight excluding hydrogens is 326 g/mol. The molecule has 2 aliphatic heterocycles. The lowest BCUT2D eigenvalue weighted by molar-refractivity contribution is -0.127. The van der Waals surface area contributed by atoms with E-state index in [1.807, 2.05) is 36.5 Å². The Hall–Kier alpha value is -2.40. The molecule has 5 heteroatoms. The molecule has 1 unspecified atom stereocenters. The SMILES string of the molecule is O=C(NC1CCN(Cc2cccnc2)CC1)C1COc2ccccc2C1. The molecule has 2 aliphatic rings. The first-order chi connectivity index (χ1) is 12.8. The molecule has 136 valence electrons. The summed E-state index contributed by atoms with van der Waals surface area (Å²) in [6, 6.07) is 12.4. The van der Waals surface area contributed by atoms with Gasteiger partial charge in [0, 0.05) is 38.1 Å². The Kier molecular flexibility index (Phi) is 5.16. The van der Waals surface area contributed by atoms with Crippen LogP contribution in [-0.2, 0) is 17.8 Å². The average molecular weight is 351 g/mol. The fourth-order valence-electron chi connectivity index (χ4n) is 3.80. The molecule has 1 fully saturated rings. The zero-order chi connectivity index (χ0) is 17.8. The zero-order valence-electron chi connectivity index (χ0n) is 14.9. The second kappa shape index (κ2) is 7.87. The van der Waals surface area contributed by atoms with E-state index in [0.29, 0.717) is 6.61 Å². The van der Waals surface area contributed by atoms with Crippen molar-refractivity contribution in [2.75, 3.05) is 19.7 Å². The number of rotatable bonds is 4. The summed E-state index contributed by atoms with van der Waals surface area (Å²) in [5.74, 6) is 0.962. The molecule has 4 rings (SSSR count). The van der Waals surface area contributed by atoms with E-state index in [1.165, 1.54) is 5.56 Å². The fraction of sp³-hybridized carbons (Fsp3) is 0.429. The highest BCUT2D eigenvalue weighted by atomic mass is 16.5. The molecule has 1 N–H and O–H groups in total. The third-order valence-electron chi connectivity index (χ3n) is 5.31. The largest absolute Gasteiger partial charge is 0.492 e. The maximum atomic E-state index is 12.6. The third-order valence-corrected chi connectivity index (χ3v) is 5.31. The number of fused-ring (bicyclic) bond motifs is 1. The maximum absolute atomic E-state index is 12.6. The lowest BCUT2D eigenvalue weighted by Gasteiger charge is -2.33. The summed E-state index contributed by atoms with van der Waals surface area (Å²) in [4.78, 5) is 19.2. The summed E-state index contributed by atoms with van der Waals surface area (Å²) in [6.45, 7) is 3.41. The normalized spacial score (nSPS) is 20.8. The predicted octanol–water partition coefficient (Wildman–Crippen LogP) is 2.41. The van der Waals surface area contributed by atoms with Crippen LogP contribution in [0.15, 0.2) is 48.8 Å². The fourth-order valence-corrected chi connectivity index (χ4v) is 3.80. The molecule has 1 aromatic carbocycles. The van der Waals surface area contributed by atoms with Crippen molar-refractivity contribution in [3.05, 3.63) is 59.9 Å². The maximum Gasteiger partial charge on any atom is 0.227 e. The van der Waals surface area contributed by atoms with E-state index in [9.17, 15) is 4.79 Å². The summed E-state index contributed by atoms with van der Waals surface area (Å²) in [5.41, 5.74) is 2.37. The molecule has 0 spiro atoms. The summed E-state index contributed by atoms with van der Waals surface area (Å²) in [6.07, 6.45) is 6.49. The highest BCUT2D eigenvalue weighted by Crippen LogP contribution is 2.27. The average Bonchev–Trinajstić information content (AvgIpc) is 2.70. The van der Waals surface area contributed by atoms with Crippen molar-refractivity contribution in [2.24, 2.45) is 5.92 Å². The van der Waals surface area contributed by atoms with Gasteiger partial charge in [-0.15, -0.1) is 0 Å². The molecule has 0 aliphatic carbocycles. The van der Waals surface area contributed by atoms with E-state index in [0.717, 1.165) is 50.2 Å². The Morgan fingerprint density at radius 2 is 2.04 bits per heavy atom. The second-order valence-electron chi connectivity index (χ2n) is 7.24. The number of aromatic nitrogens is 1. The predicted molar refractivity (Wildman–Crippen MR) is 99.8 cm³/mol. The Morgan fingerprint density at radius 3 is 2.85 bits per heavy atom. The number of hydrogen-bond donors (Lipinski definition) is 1. The van der Waals surface area contributed by atoms with Gasteiger partial charge in [0.2, 0.25) is 5.91 Å². The first-order valence-electron chi connectivity index (χ1n) is 9.40. The van der Waals surface area contributed by atoms with Crippen LogP contribution in [0.3, 0.4) is 0 Å². The molecule has 0 saturated carbocycles. The van der Waals surface area contributed by atoms with E-state index in [2.05, 4.69) is 21.3 Å². The Balaban J connectivity index is 1.25. The Labute approximate surface area is 154 Å². The summed E-state index contributed by atoms with van der Waals surface area (Å²) < 4.78 is 5.75. The van der Waals surface area contributed by atoms with E-state index >= 15 is 0 Å². The minimum absolute atomic E-state index is 0.0849. The molecule has 5 nitrogen and oxygen atoms in total. The quantitative estimate of drug-likeness (QED) is 0.919.